The molecule has 3 rings (SSSR count). The number of aryl methyl sites for hydroxylation is 2. The van der Waals surface area contributed by atoms with Crippen LogP contribution in [0.3, 0.4) is 0 Å². The fourth-order valence-corrected chi connectivity index (χ4v) is 2.56. The fourth-order valence-electron chi connectivity index (χ4n) is 2.44. The van der Waals surface area contributed by atoms with Crippen molar-refractivity contribution in [2.75, 3.05) is 6.61 Å². The molecule has 120 valence electrons. The van der Waals surface area contributed by atoms with Gasteiger partial charge in [0.25, 0.3) is 5.56 Å². The van der Waals surface area contributed by atoms with Gasteiger partial charge in [-0.15, -0.1) is 0 Å². The third-order valence-corrected chi connectivity index (χ3v) is 3.88. The number of aromatic nitrogens is 3. The topological polar surface area (TPSA) is 59.9 Å². The average molecular weight is 332 g/mol. The van der Waals surface area contributed by atoms with Crippen molar-refractivity contribution in [1.82, 2.24) is 14.5 Å². The highest BCUT2D eigenvalue weighted by atomic mass is 35.5. The number of aromatic amines is 1. The Morgan fingerprint density at radius 2 is 2.04 bits per heavy atom. The van der Waals surface area contributed by atoms with Crippen LogP contribution in [0, 0.1) is 6.92 Å². The molecule has 23 heavy (non-hydrogen) atoms. The molecular formula is C17H18ClN3O2. The third-order valence-electron chi connectivity index (χ3n) is 3.62. The van der Waals surface area contributed by atoms with Crippen LogP contribution in [0.25, 0.3) is 11.0 Å². The maximum Gasteiger partial charge on any atom is 0.262 e. The van der Waals surface area contributed by atoms with E-state index in [1.807, 2.05) is 25.1 Å². The summed E-state index contributed by atoms with van der Waals surface area (Å²) in [6.07, 6.45) is 3.31. The van der Waals surface area contributed by atoms with E-state index in [0.29, 0.717) is 29.2 Å². The number of unbranched alkanes of at least 4 members (excludes halogenated alkanes) is 1. The van der Waals surface area contributed by atoms with Crippen LogP contribution in [0.4, 0.5) is 0 Å². The summed E-state index contributed by atoms with van der Waals surface area (Å²) >= 11 is 5.82. The summed E-state index contributed by atoms with van der Waals surface area (Å²) in [6.45, 7) is 3.16. The van der Waals surface area contributed by atoms with Gasteiger partial charge in [0, 0.05) is 17.3 Å². The molecule has 0 aliphatic rings. The van der Waals surface area contributed by atoms with Crippen molar-refractivity contribution >= 4 is 22.6 Å². The van der Waals surface area contributed by atoms with Crippen LogP contribution in [0.5, 0.6) is 5.75 Å². The van der Waals surface area contributed by atoms with Crippen LogP contribution >= 0.6 is 11.6 Å². The Hall–Kier alpha value is -2.27. The molecule has 0 saturated carbocycles. The molecule has 0 unspecified atom stereocenters. The quantitative estimate of drug-likeness (QED) is 0.703. The molecule has 0 bridgehead atoms. The normalized spacial score (nSPS) is 11.0. The van der Waals surface area contributed by atoms with Gasteiger partial charge in [-0.25, -0.2) is 4.98 Å². The largest absolute Gasteiger partial charge is 0.494 e. The van der Waals surface area contributed by atoms with Crippen molar-refractivity contribution in [3.05, 3.63) is 57.7 Å². The lowest BCUT2D eigenvalue weighted by Gasteiger charge is -2.07. The van der Waals surface area contributed by atoms with Crippen LogP contribution in [0.15, 0.2) is 41.5 Å². The molecule has 5 nitrogen and oxygen atoms in total. The Morgan fingerprint density at radius 3 is 2.83 bits per heavy atom. The zero-order chi connectivity index (χ0) is 16.2. The van der Waals surface area contributed by atoms with Gasteiger partial charge < -0.3 is 9.72 Å². The average Bonchev–Trinajstić information content (AvgIpc) is 2.92. The van der Waals surface area contributed by atoms with E-state index in [0.717, 1.165) is 24.3 Å². The van der Waals surface area contributed by atoms with Crippen molar-refractivity contribution in [3.63, 3.8) is 0 Å². The van der Waals surface area contributed by atoms with Crippen LogP contribution in [-0.4, -0.2) is 21.1 Å². The number of benzene rings is 1. The summed E-state index contributed by atoms with van der Waals surface area (Å²) in [7, 11) is 0. The van der Waals surface area contributed by atoms with Crippen molar-refractivity contribution in [3.8, 4) is 5.75 Å². The lowest BCUT2D eigenvalue weighted by molar-refractivity contribution is 0.303. The lowest BCUT2D eigenvalue weighted by atomic mass is 10.3. The van der Waals surface area contributed by atoms with Gasteiger partial charge in [-0.2, -0.15) is 0 Å². The Labute approximate surface area is 138 Å². The minimum atomic E-state index is -0.00188. The monoisotopic (exact) mass is 331 g/mol. The van der Waals surface area contributed by atoms with E-state index < -0.39 is 0 Å². The molecule has 1 aromatic carbocycles. The molecule has 3 aromatic rings. The highest BCUT2D eigenvalue weighted by molar-refractivity contribution is 6.30. The first-order valence-electron chi connectivity index (χ1n) is 7.56. The second kappa shape index (κ2) is 6.87. The predicted octanol–water partition coefficient (Wildman–Crippen LogP) is 3.55. The Bertz CT molecular complexity index is 852. The van der Waals surface area contributed by atoms with Gasteiger partial charge >= 0.3 is 0 Å². The molecule has 6 heteroatoms. The van der Waals surface area contributed by atoms with Crippen molar-refractivity contribution in [2.24, 2.45) is 0 Å². The van der Waals surface area contributed by atoms with E-state index in [9.17, 15) is 4.79 Å². The van der Waals surface area contributed by atoms with Gasteiger partial charge in [-0.3, -0.25) is 9.36 Å². The Balaban J connectivity index is 1.52. The first-order chi connectivity index (χ1) is 11.1. The second-order valence-corrected chi connectivity index (χ2v) is 5.90. The van der Waals surface area contributed by atoms with Crippen molar-refractivity contribution < 1.29 is 4.74 Å². The van der Waals surface area contributed by atoms with Crippen molar-refractivity contribution in [1.29, 1.82) is 0 Å². The van der Waals surface area contributed by atoms with E-state index in [2.05, 4.69) is 9.97 Å². The number of halogens is 1. The van der Waals surface area contributed by atoms with Crippen LogP contribution in [0.1, 0.15) is 18.5 Å². The number of nitrogens with one attached hydrogen (secondary N) is 1. The predicted molar refractivity (Wildman–Crippen MR) is 91.3 cm³/mol. The SMILES string of the molecule is Cc1cc2c(=O)n(CCCCOc3ccc(Cl)cc3)cnc2[nH]1. The number of ether oxygens (including phenoxy) is 1. The highest BCUT2D eigenvalue weighted by Crippen LogP contribution is 2.15. The third kappa shape index (κ3) is 3.74. The minimum absolute atomic E-state index is 0.00188. The van der Waals surface area contributed by atoms with Gasteiger partial charge in [-0.05, 0) is 50.1 Å². The summed E-state index contributed by atoms with van der Waals surface area (Å²) in [4.78, 5) is 19.7. The summed E-state index contributed by atoms with van der Waals surface area (Å²) in [5.41, 5.74) is 1.59. The maximum atomic E-state index is 12.3. The number of H-pyrrole nitrogens is 1. The molecule has 0 aliphatic heterocycles. The number of hydrogen-bond acceptors (Lipinski definition) is 3. The number of rotatable bonds is 6. The van der Waals surface area contributed by atoms with Gasteiger partial charge in [0.2, 0.25) is 0 Å². The summed E-state index contributed by atoms with van der Waals surface area (Å²) < 4.78 is 7.29. The summed E-state index contributed by atoms with van der Waals surface area (Å²) in [5, 5.41) is 1.34. The Morgan fingerprint density at radius 1 is 1.26 bits per heavy atom. The molecule has 0 spiro atoms. The van der Waals surface area contributed by atoms with E-state index in [1.165, 1.54) is 0 Å². The lowest BCUT2D eigenvalue weighted by Crippen LogP contribution is -2.20. The molecule has 0 fully saturated rings. The maximum absolute atomic E-state index is 12.3. The second-order valence-electron chi connectivity index (χ2n) is 5.47. The molecule has 1 N–H and O–H groups in total. The number of nitrogens with zero attached hydrogens (tertiary/aromatic N) is 2. The van der Waals surface area contributed by atoms with E-state index >= 15 is 0 Å². The smallest absolute Gasteiger partial charge is 0.262 e. The zero-order valence-electron chi connectivity index (χ0n) is 12.9. The number of hydrogen-bond donors (Lipinski definition) is 1. The first kappa shape index (κ1) is 15.6. The van der Waals surface area contributed by atoms with E-state index in [-0.39, 0.29) is 5.56 Å². The molecule has 0 radical (unpaired) electrons. The van der Waals surface area contributed by atoms with Gasteiger partial charge in [0.15, 0.2) is 0 Å². The molecule has 0 aliphatic carbocycles. The van der Waals surface area contributed by atoms with E-state index in [4.69, 9.17) is 16.3 Å². The van der Waals surface area contributed by atoms with Gasteiger partial charge in [-0.1, -0.05) is 11.6 Å². The van der Waals surface area contributed by atoms with Crippen LogP contribution < -0.4 is 10.3 Å². The van der Waals surface area contributed by atoms with Crippen LogP contribution in [0.2, 0.25) is 5.02 Å². The first-order valence-corrected chi connectivity index (χ1v) is 7.94. The van der Waals surface area contributed by atoms with Crippen LogP contribution in [-0.2, 0) is 6.54 Å². The minimum Gasteiger partial charge on any atom is -0.494 e. The molecule has 0 amide bonds. The zero-order valence-corrected chi connectivity index (χ0v) is 13.6. The molecule has 0 atom stereocenters. The standard InChI is InChI=1S/C17H18ClN3O2/c1-12-10-15-16(20-12)19-11-21(17(15)22)8-2-3-9-23-14-6-4-13(18)5-7-14/h4-7,10-11,20H,2-3,8-9H2,1H3. The summed E-state index contributed by atoms with van der Waals surface area (Å²) in [6, 6.07) is 9.13. The van der Waals surface area contributed by atoms with E-state index in [1.54, 1.807) is 23.0 Å². The molecule has 0 saturated heterocycles. The fraction of sp³-hybridized carbons (Fsp3) is 0.294. The molecular weight excluding hydrogens is 314 g/mol. The summed E-state index contributed by atoms with van der Waals surface area (Å²) in [5.74, 6) is 0.803. The van der Waals surface area contributed by atoms with Gasteiger partial charge in [0.1, 0.15) is 11.4 Å². The molecule has 2 heterocycles. The Kier molecular flexibility index (Phi) is 4.67. The number of fused-ring (bicyclic) bond motifs is 1. The van der Waals surface area contributed by atoms with Crippen molar-refractivity contribution in [2.45, 2.75) is 26.3 Å². The molecule has 2 aromatic heterocycles. The highest BCUT2D eigenvalue weighted by Gasteiger charge is 2.06. The van der Waals surface area contributed by atoms with Gasteiger partial charge in [0.05, 0.1) is 18.3 Å².